The van der Waals surface area contributed by atoms with Crippen LogP contribution in [0.15, 0.2) is 12.1 Å². The molecule has 2 saturated carbocycles. The van der Waals surface area contributed by atoms with Gasteiger partial charge in [-0.05, 0) is 25.7 Å². The molecule has 0 atom stereocenters. The van der Waals surface area contributed by atoms with Crippen molar-refractivity contribution in [1.82, 2.24) is 0 Å². The zero-order valence-corrected chi connectivity index (χ0v) is 19.3. The third kappa shape index (κ3) is 5.73. The number of carbonyl (C=O) groups is 1. The summed E-state index contributed by atoms with van der Waals surface area (Å²) in [4.78, 5) is 32.5. The van der Waals surface area contributed by atoms with E-state index in [2.05, 4.69) is 5.32 Å². The summed E-state index contributed by atoms with van der Waals surface area (Å²) in [6, 6.07) is 0.778. The highest BCUT2D eigenvalue weighted by Gasteiger charge is 2.39. The average molecular weight is 539 g/mol. The molecule has 1 amide bonds. The molecule has 15 heteroatoms. The Morgan fingerprint density at radius 3 is 1.86 bits per heavy atom. The maximum Gasteiger partial charge on any atom is 0.297 e. The first-order chi connectivity index (χ1) is 16.3. The van der Waals surface area contributed by atoms with Gasteiger partial charge in [-0.25, -0.2) is 17.6 Å². The van der Waals surface area contributed by atoms with Gasteiger partial charge in [0.25, 0.3) is 11.4 Å². The normalized spacial score (nSPS) is 14.6. The summed E-state index contributed by atoms with van der Waals surface area (Å²) in [7, 11) is 0. The molecule has 0 aromatic heterocycles. The SMILES string of the molecule is CC(=O)N(c1c([N+](=O)[O-])cc(F)c(F)c1Cl)C1CC1.O=[N+]([O-])c1cc(F)c(F)c(Cl)c1NC1CC1. The smallest absolute Gasteiger partial charge is 0.297 e. The Labute approximate surface area is 204 Å². The van der Waals surface area contributed by atoms with Gasteiger partial charge in [0.15, 0.2) is 23.3 Å². The number of nitro benzene ring substituents is 2. The zero-order chi connectivity index (χ0) is 26.2. The van der Waals surface area contributed by atoms with Crippen LogP contribution in [0.5, 0.6) is 0 Å². The quantitative estimate of drug-likeness (QED) is 0.204. The number of benzene rings is 2. The first-order valence-electron chi connectivity index (χ1n) is 10.0. The molecule has 9 nitrogen and oxygen atoms in total. The van der Waals surface area contributed by atoms with Crippen LogP contribution >= 0.6 is 23.2 Å². The molecule has 0 bridgehead atoms. The highest BCUT2D eigenvalue weighted by Crippen LogP contribution is 2.43. The minimum absolute atomic E-state index is 0.0565. The third-order valence-corrected chi connectivity index (χ3v) is 5.77. The number of amides is 1. The number of nitro groups is 2. The van der Waals surface area contributed by atoms with Crippen molar-refractivity contribution in [3.8, 4) is 0 Å². The highest BCUT2D eigenvalue weighted by molar-refractivity contribution is 6.34. The topological polar surface area (TPSA) is 119 Å². The lowest BCUT2D eigenvalue weighted by Crippen LogP contribution is -2.31. The molecule has 0 spiro atoms. The Balaban J connectivity index is 0.000000198. The Kier molecular flexibility index (Phi) is 7.70. The van der Waals surface area contributed by atoms with Crippen LogP contribution in [-0.4, -0.2) is 27.8 Å². The van der Waals surface area contributed by atoms with Crippen molar-refractivity contribution in [2.45, 2.75) is 44.7 Å². The molecule has 1 N–H and O–H groups in total. The molecule has 2 fully saturated rings. The number of halogens is 6. The number of hydrogen-bond donors (Lipinski definition) is 1. The van der Waals surface area contributed by atoms with Gasteiger partial charge in [0, 0.05) is 19.0 Å². The monoisotopic (exact) mass is 538 g/mol. The zero-order valence-electron chi connectivity index (χ0n) is 17.8. The molecule has 188 valence electrons. The fourth-order valence-corrected chi connectivity index (χ4v) is 3.69. The Morgan fingerprint density at radius 2 is 1.43 bits per heavy atom. The largest absolute Gasteiger partial charge is 0.375 e. The lowest BCUT2D eigenvalue weighted by molar-refractivity contribution is -0.384. The number of anilines is 2. The van der Waals surface area contributed by atoms with Crippen molar-refractivity contribution in [3.63, 3.8) is 0 Å². The second kappa shape index (κ2) is 10.2. The van der Waals surface area contributed by atoms with E-state index in [4.69, 9.17) is 23.2 Å². The van der Waals surface area contributed by atoms with Crippen molar-refractivity contribution in [3.05, 3.63) is 65.7 Å². The fourth-order valence-electron chi connectivity index (χ4n) is 3.17. The summed E-state index contributed by atoms with van der Waals surface area (Å²) in [6.07, 6.45) is 2.97. The fraction of sp³-hybridized carbons (Fsp3) is 0.350. The Morgan fingerprint density at radius 1 is 0.943 bits per heavy atom. The number of carbonyl (C=O) groups excluding carboxylic acids is 1. The Bertz CT molecular complexity index is 1220. The third-order valence-electron chi connectivity index (χ3n) is 5.07. The van der Waals surface area contributed by atoms with Crippen LogP contribution < -0.4 is 10.2 Å². The minimum atomic E-state index is -1.42. The van der Waals surface area contributed by atoms with Crippen LogP contribution in [0.1, 0.15) is 32.6 Å². The summed E-state index contributed by atoms with van der Waals surface area (Å²) in [5.41, 5.74) is -1.78. The number of rotatable bonds is 6. The molecule has 2 aromatic carbocycles. The number of nitrogens with zero attached hydrogens (tertiary/aromatic N) is 3. The molecule has 2 aliphatic carbocycles. The molecule has 0 radical (unpaired) electrons. The van der Waals surface area contributed by atoms with E-state index in [1.54, 1.807) is 0 Å². The van der Waals surface area contributed by atoms with Gasteiger partial charge in [-0.3, -0.25) is 25.0 Å². The summed E-state index contributed by atoms with van der Waals surface area (Å²) < 4.78 is 52.7. The van der Waals surface area contributed by atoms with Crippen LogP contribution in [0.3, 0.4) is 0 Å². The molecule has 0 unspecified atom stereocenters. The van der Waals surface area contributed by atoms with E-state index >= 15 is 0 Å². The van der Waals surface area contributed by atoms with Crippen molar-refractivity contribution in [2.24, 2.45) is 0 Å². The van der Waals surface area contributed by atoms with Crippen LogP contribution in [0.4, 0.5) is 40.3 Å². The molecular weight excluding hydrogens is 523 g/mol. The minimum Gasteiger partial charge on any atom is -0.375 e. The van der Waals surface area contributed by atoms with Gasteiger partial charge < -0.3 is 10.2 Å². The molecule has 35 heavy (non-hydrogen) atoms. The molecule has 2 aliphatic rings. The summed E-state index contributed by atoms with van der Waals surface area (Å²) in [5.74, 6) is -5.90. The highest BCUT2D eigenvalue weighted by atomic mass is 35.5. The summed E-state index contributed by atoms with van der Waals surface area (Å²) in [5, 5.41) is 23.0. The van der Waals surface area contributed by atoms with Gasteiger partial charge in [-0.1, -0.05) is 23.2 Å². The number of hydrogen-bond acceptors (Lipinski definition) is 6. The maximum atomic E-state index is 13.5. The van der Waals surface area contributed by atoms with E-state index < -0.39 is 60.4 Å². The number of nitrogens with one attached hydrogen (secondary N) is 1. The molecule has 0 aliphatic heterocycles. The van der Waals surface area contributed by atoms with E-state index in [-0.39, 0.29) is 23.5 Å². The first kappa shape index (κ1) is 26.4. The van der Waals surface area contributed by atoms with Crippen molar-refractivity contribution in [2.75, 3.05) is 10.2 Å². The van der Waals surface area contributed by atoms with Crippen molar-refractivity contribution < 1.29 is 32.2 Å². The van der Waals surface area contributed by atoms with Crippen molar-refractivity contribution >= 4 is 51.9 Å². The van der Waals surface area contributed by atoms with E-state index in [9.17, 15) is 42.6 Å². The standard InChI is InChI=1S/C11H9ClF2N2O3.C9H7ClF2N2O2/c1-5(17)15(6-2-3-6)11-8(16(18)19)4-7(13)10(14)9(11)12;10-7-8(12)5(11)3-6(14(15)16)9(7)13-4-1-2-4/h4,6H,2-3H2,1H3;3-4,13H,1-2H2. The predicted octanol–water partition coefficient (Wildman–Crippen LogP) is 6.14. The molecular formula is C20H16Cl2F4N4O5. The molecule has 4 rings (SSSR count). The van der Waals surface area contributed by atoms with Gasteiger partial charge in [-0.2, -0.15) is 0 Å². The summed E-state index contributed by atoms with van der Waals surface area (Å²) in [6.45, 7) is 1.19. The van der Waals surface area contributed by atoms with E-state index in [1.807, 2.05) is 0 Å². The van der Waals surface area contributed by atoms with Crippen molar-refractivity contribution in [1.29, 1.82) is 0 Å². The van der Waals surface area contributed by atoms with Gasteiger partial charge in [0.1, 0.15) is 21.4 Å². The lowest BCUT2D eigenvalue weighted by Gasteiger charge is -2.21. The van der Waals surface area contributed by atoms with Crippen LogP contribution in [0.2, 0.25) is 10.0 Å². The van der Waals surface area contributed by atoms with Gasteiger partial charge in [0.05, 0.1) is 22.0 Å². The first-order valence-corrected chi connectivity index (χ1v) is 10.8. The van der Waals surface area contributed by atoms with E-state index in [0.29, 0.717) is 25.0 Å². The molecule has 0 saturated heterocycles. The van der Waals surface area contributed by atoms with Gasteiger partial charge >= 0.3 is 0 Å². The summed E-state index contributed by atoms with van der Waals surface area (Å²) >= 11 is 11.2. The van der Waals surface area contributed by atoms with Crippen LogP contribution in [0.25, 0.3) is 0 Å². The molecule has 2 aromatic rings. The van der Waals surface area contributed by atoms with Crippen LogP contribution in [-0.2, 0) is 4.79 Å². The van der Waals surface area contributed by atoms with E-state index in [0.717, 1.165) is 17.7 Å². The lowest BCUT2D eigenvalue weighted by atomic mass is 10.2. The second-order valence-corrected chi connectivity index (χ2v) is 8.54. The Hall–Kier alpha value is -3.19. The van der Waals surface area contributed by atoms with E-state index in [1.165, 1.54) is 6.92 Å². The predicted molar refractivity (Wildman–Crippen MR) is 119 cm³/mol. The van der Waals surface area contributed by atoms with Gasteiger partial charge in [0.2, 0.25) is 5.91 Å². The van der Waals surface area contributed by atoms with Crippen LogP contribution in [0, 0.1) is 43.5 Å². The molecule has 0 heterocycles. The van der Waals surface area contributed by atoms with Gasteiger partial charge in [-0.15, -0.1) is 0 Å². The second-order valence-electron chi connectivity index (χ2n) is 7.79. The maximum absolute atomic E-state index is 13.5. The average Bonchev–Trinajstić information content (AvgIpc) is 3.69.